The minimum Gasteiger partial charge on any atom is -0.426 e. The monoisotopic (exact) mass is 323 g/mol. The van der Waals surface area contributed by atoms with Gasteiger partial charge >= 0.3 is 7.12 Å². The Kier molecular flexibility index (Phi) is 5.57. The topological polar surface area (TPSA) is 102 Å². The molecular weight excluding hydrogens is 304 g/mol. The van der Waals surface area contributed by atoms with Gasteiger partial charge in [-0.25, -0.2) is 4.39 Å². The third-order valence-electron chi connectivity index (χ3n) is 3.74. The third kappa shape index (κ3) is 4.43. The quantitative estimate of drug-likeness (QED) is 0.505. The normalized spacial score (nSPS) is 17.9. The summed E-state index contributed by atoms with van der Waals surface area (Å²) >= 11 is 0. The first kappa shape index (κ1) is 17.2. The molecule has 1 aromatic rings. The molecule has 0 saturated carbocycles. The molecule has 0 aromatic heterocycles. The van der Waals surface area contributed by atoms with E-state index in [1.165, 1.54) is 19.1 Å². The second-order valence-corrected chi connectivity index (χ2v) is 5.46. The lowest BCUT2D eigenvalue weighted by Gasteiger charge is -2.41. The highest BCUT2D eigenvalue weighted by atomic mass is 19.1. The largest absolute Gasteiger partial charge is 0.475 e. The van der Waals surface area contributed by atoms with Crippen LogP contribution in [0, 0.1) is 5.82 Å². The number of nitrogens with one attached hydrogen (secondary N) is 2. The van der Waals surface area contributed by atoms with Crippen molar-refractivity contribution in [3.8, 4) is 0 Å². The van der Waals surface area contributed by atoms with Gasteiger partial charge in [0, 0.05) is 12.2 Å². The van der Waals surface area contributed by atoms with Crippen molar-refractivity contribution in [2.45, 2.75) is 25.3 Å². The molecule has 0 bridgehead atoms. The zero-order valence-corrected chi connectivity index (χ0v) is 12.7. The summed E-state index contributed by atoms with van der Waals surface area (Å²) in [7, 11) is -1.66. The Balaban J connectivity index is 1.82. The van der Waals surface area contributed by atoms with Gasteiger partial charge in [-0.3, -0.25) is 9.59 Å². The van der Waals surface area contributed by atoms with Crippen molar-refractivity contribution in [2.75, 3.05) is 18.0 Å². The van der Waals surface area contributed by atoms with E-state index in [9.17, 15) is 14.0 Å². The van der Waals surface area contributed by atoms with Crippen LogP contribution in [0.15, 0.2) is 24.3 Å². The zero-order chi connectivity index (χ0) is 17.0. The molecule has 7 nitrogen and oxygen atoms in total. The van der Waals surface area contributed by atoms with Crippen molar-refractivity contribution in [2.24, 2.45) is 0 Å². The van der Waals surface area contributed by atoms with E-state index in [1.54, 1.807) is 12.1 Å². The number of carbonyl (C=O) groups is 2. The average Bonchev–Trinajstić information content (AvgIpc) is 2.46. The fraction of sp³-hybridized carbons (Fsp3) is 0.429. The molecule has 1 heterocycles. The van der Waals surface area contributed by atoms with E-state index in [4.69, 9.17) is 10.0 Å². The van der Waals surface area contributed by atoms with E-state index >= 15 is 0 Å². The number of amides is 2. The van der Waals surface area contributed by atoms with Gasteiger partial charge < -0.3 is 25.6 Å². The summed E-state index contributed by atoms with van der Waals surface area (Å²) in [4.78, 5) is 25.5. The molecule has 1 aromatic carbocycles. The molecule has 1 unspecified atom stereocenters. The van der Waals surface area contributed by atoms with Gasteiger partial charge in [0.1, 0.15) is 11.9 Å². The van der Waals surface area contributed by atoms with Crippen LogP contribution in [-0.2, 0) is 9.59 Å². The SMILES string of the molecule is CC(NC(=O)CNC(=O)[C@@H]1CCN1c1ccc(F)cc1)B(O)O. The smallest absolute Gasteiger partial charge is 0.426 e. The number of nitrogens with zero attached hydrogens (tertiary/aromatic N) is 1. The maximum Gasteiger partial charge on any atom is 0.475 e. The van der Waals surface area contributed by atoms with Gasteiger partial charge in [0.05, 0.1) is 12.5 Å². The molecule has 4 N–H and O–H groups in total. The molecule has 1 fully saturated rings. The zero-order valence-electron chi connectivity index (χ0n) is 12.7. The number of hydrogen-bond donors (Lipinski definition) is 4. The van der Waals surface area contributed by atoms with E-state index in [0.717, 1.165) is 5.69 Å². The standard InChI is InChI=1S/C14H19BFN3O4/c1-9(15(22)23)18-13(20)8-17-14(21)12-6-7-19(12)11-4-2-10(16)3-5-11/h2-5,9,12,22-23H,6-8H2,1H3,(H,17,21)(H,18,20)/t9?,12-/m0/s1. The summed E-state index contributed by atoms with van der Waals surface area (Å²) in [5, 5.41) is 22.6. The van der Waals surface area contributed by atoms with Crippen molar-refractivity contribution in [1.29, 1.82) is 0 Å². The molecule has 1 aliphatic heterocycles. The highest BCUT2D eigenvalue weighted by Gasteiger charge is 2.34. The summed E-state index contributed by atoms with van der Waals surface area (Å²) in [6.45, 7) is 1.87. The molecule has 2 atom stereocenters. The molecular formula is C14H19BFN3O4. The second kappa shape index (κ2) is 7.43. The Morgan fingerprint density at radius 2 is 2.04 bits per heavy atom. The van der Waals surface area contributed by atoms with Crippen molar-refractivity contribution in [3.63, 3.8) is 0 Å². The van der Waals surface area contributed by atoms with E-state index in [-0.39, 0.29) is 18.3 Å². The Hall–Kier alpha value is -2.13. The van der Waals surface area contributed by atoms with Crippen molar-refractivity contribution in [3.05, 3.63) is 30.1 Å². The first-order valence-corrected chi connectivity index (χ1v) is 7.34. The highest BCUT2D eigenvalue weighted by molar-refractivity contribution is 6.43. The number of rotatable bonds is 6. The molecule has 1 saturated heterocycles. The first-order chi connectivity index (χ1) is 10.9. The molecule has 23 heavy (non-hydrogen) atoms. The maximum absolute atomic E-state index is 12.9. The van der Waals surface area contributed by atoms with Crippen LogP contribution < -0.4 is 15.5 Å². The number of halogens is 1. The van der Waals surface area contributed by atoms with E-state index in [1.807, 2.05) is 4.90 Å². The van der Waals surface area contributed by atoms with Gasteiger partial charge in [0.15, 0.2) is 0 Å². The Bertz CT molecular complexity index is 570. The Morgan fingerprint density at radius 1 is 1.39 bits per heavy atom. The van der Waals surface area contributed by atoms with Crippen LogP contribution in [0.2, 0.25) is 0 Å². The van der Waals surface area contributed by atoms with Crippen LogP contribution >= 0.6 is 0 Å². The average molecular weight is 323 g/mol. The van der Waals surface area contributed by atoms with Gasteiger partial charge in [-0.2, -0.15) is 0 Å². The molecule has 0 aliphatic carbocycles. The molecule has 0 spiro atoms. The molecule has 9 heteroatoms. The van der Waals surface area contributed by atoms with Crippen LogP contribution in [-0.4, -0.2) is 54.1 Å². The first-order valence-electron chi connectivity index (χ1n) is 7.34. The number of benzene rings is 1. The van der Waals surface area contributed by atoms with E-state index < -0.39 is 25.0 Å². The highest BCUT2D eigenvalue weighted by Crippen LogP contribution is 2.26. The van der Waals surface area contributed by atoms with Crippen LogP contribution in [0.1, 0.15) is 13.3 Å². The van der Waals surface area contributed by atoms with Gasteiger partial charge in [0.2, 0.25) is 11.8 Å². The Morgan fingerprint density at radius 3 is 2.57 bits per heavy atom. The summed E-state index contributed by atoms with van der Waals surface area (Å²) in [6, 6.07) is 5.47. The fourth-order valence-electron chi connectivity index (χ4n) is 2.27. The maximum atomic E-state index is 12.9. The van der Waals surface area contributed by atoms with Crippen LogP contribution in [0.3, 0.4) is 0 Å². The van der Waals surface area contributed by atoms with Gasteiger partial charge in [0.25, 0.3) is 0 Å². The molecule has 2 amide bonds. The molecule has 124 valence electrons. The fourth-order valence-corrected chi connectivity index (χ4v) is 2.27. The van der Waals surface area contributed by atoms with Gasteiger partial charge in [-0.1, -0.05) is 0 Å². The van der Waals surface area contributed by atoms with Crippen LogP contribution in [0.4, 0.5) is 10.1 Å². The van der Waals surface area contributed by atoms with Crippen LogP contribution in [0.25, 0.3) is 0 Å². The van der Waals surface area contributed by atoms with Crippen LogP contribution in [0.5, 0.6) is 0 Å². The lowest BCUT2D eigenvalue weighted by atomic mass is 9.81. The number of anilines is 1. The lowest BCUT2D eigenvalue weighted by molar-refractivity contribution is -0.127. The van der Waals surface area contributed by atoms with Crippen molar-refractivity contribution in [1.82, 2.24) is 10.6 Å². The summed E-state index contributed by atoms with van der Waals surface area (Å²) in [5.74, 6) is -1.97. The second-order valence-electron chi connectivity index (χ2n) is 5.46. The summed E-state index contributed by atoms with van der Waals surface area (Å²) < 4.78 is 12.9. The van der Waals surface area contributed by atoms with Gasteiger partial charge in [-0.05, 0) is 37.6 Å². The number of carbonyl (C=O) groups excluding carboxylic acids is 2. The summed E-state index contributed by atoms with van der Waals surface area (Å²) in [5.41, 5.74) is 0.749. The minimum atomic E-state index is -1.66. The van der Waals surface area contributed by atoms with E-state index in [2.05, 4.69) is 10.6 Å². The summed E-state index contributed by atoms with van der Waals surface area (Å²) in [6.07, 6.45) is 0.649. The van der Waals surface area contributed by atoms with Crippen molar-refractivity contribution < 1.29 is 24.0 Å². The predicted octanol–water partition coefficient (Wildman–Crippen LogP) is -0.963. The lowest BCUT2D eigenvalue weighted by Crippen LogP contribution is -2.57. The van der Waals surface area contributed by atoms with Gasteiger partial charge in [-0.15, -0.1) is 0 Å². The van der Waals surface area contributed by atoms with Crippen molar-refractivity contribution >= 4 is 24.6 Å². The molecule has 0 radical (unpaired) electrons. The predicted molar refractivity (Wildman–Crippen MR) is 83.0 cm³/mol. The molecule has 1 aliphatic rings. The Labute approximate surface area is 133 Å². The third-order valence-corrected chi connectivity index (χ3v) is 3.74. The molecule has 2 rings (SSSR count). The number of hydrogen-bond acceptors (Lipinski definition) is 5. The minimum absolute atomic E-state index is 0.246. The van der Waals surface area contributed by atoms with E-state index in [0.29, 0.717) is 13.0 Å².